The van der Waals surface area contributed by atoms with Crippen molar-refractivity contribution in [2.24, 2.45) is 4.99 Å². The van der Waals surface area contributed by atoms with E-state index in [1.807, 2.05) is 6.08 Å². The van der Waals surface area contributed by atoms with Gasteiger partial charge >= 0.3 is 0 Å². The van der Waals surface area contributed by atoms with Gasteiger partial charge in [0.2, 0.25) is 0 Å². The molecule has 2 rings (SSSR count). The molecule has 0 aromatic heterocycles. The molecule has 0 amide bonds. The smallest absolute Gasteiger partial charge is 0.168 e. The van der Waals surface area contributed by atoms with Crippen LogP contribution in [0.2, 0.25) is 0 Å². The number of aliphatic hydroxyl groups excluding tert-OH is 1. The minimum absolute atomic E-state index is 0.00506. The van der Waals surface area contributed by atoms with E-state index < -0.39 is 0 Å². The molecule has 0 spiro atoms. The number of carbonyl (C=O) groups is 1. The number of nitrogens with zero attached hydrogens (tertiary/aromatic N) is 1. The van der Waals surface area contributed by atoms with Crippen LogP contribution in [0.1, 0.15) is 28.8 Å². The molecule has 0 bridgehead atoms. The lowest BCUT2D eigenvalue weighted by atomic mass is 10.0. The number of aliphatic imine (C=N–C) groups is 1. The monoisotopic (exact) mass is 215 g/mol. The standard InChI is InChI=1S/C13H13NO2/c15-9-10-3-5-11(6-4-10)13(16)8-12-2-1-7-14-12/h1,3-7,15H,2,8-9H2. The van der Waals surface area contributed by atoms with Crippen LogP contribution in [0, 0.1) is 0 Å². The van der Waals surface area contributed by atoms with Crippen molar-refractivity contribution in [3.8, 4) is 0 Å². The van der Waals surface area contributed by atoms with E-state index in [0.717, 1.165) is 17.7 Å². The first-order valence-corrected chi connectivity index (χ1v) is 5.23. The first-order valence-electron chi connectivity index (χ1n) is 5.23. The van der Waals surface area contributed by atoms with Crippen LogP contribution in [0.25, 0.3) is 0 Å². The quantitative estimate of drug-likeness (QED) is 0.782. The second kappa shape index (κ2) is 4.86. The zero-order valence-corrected chi connectivity index (χ0v) is 8.89. The molecule has 82 valence electrons. The van der Waals surface area contributed by atoms with Crippen molar-refractivity contribution in [1.82, 2.24) is 0 Å². The van der Waals surface area contributed by atoms with E-state index in [1.54, 1.807) is 30.5 Å². The van der Waals surface area contributed by atoms with Gasteiger partial charge in [-0.2, -0.15) is 0 Å². The molecule has 1 N–H and O–H groups in total. The molecule has 1 aromatic carbocycles. The van der Waals surface area contributed by atoms with E-state index in [2.05, 4.69) is 4.99 Å². The third-order valence-corrected chi connectivity index (χ3v) is 2.54. The highest BCUT2D eigenvalue weighted by Gasteiger charge is 2.10. The Balaban J connectivity index is 2.03. The van der Waals surface area contributed by atoms with E-state index >= 15 is 0 Å². The molecule has 3 heteroatoms. The lowest BCUT2D eigenvalue weighted by Gasteiger charge is -2.02. The number of benzene rings is 1. The van der Waals surface area contributed by atoms with Gasteiger partial charge in [0.1, 0.15) is 0 Å². The number of rotatable bonds is 4. The third-order valence-electron chi connectivity index (χ3n) is 2.54. The summed E-state index contributed by atoms with van der Waals surface area (Å²) in [4.78, 5) is 15.9. The van der Waals surface area contributed by atoms with Crippen LogP contribution in [-0.2, 0) is 6.61 Å². The van der Waals surface area contributed by atoms with Crippen LogP contribution in [0.5, 0.6) is 0 Å². The number of carbonyl (C=O) groups excluding carboxylic acids is 1. The second-order valence-corrected chi connectivity index (χ2v) is 3.74. The zero-order valence-electron chi connectivity index (χ0n) is 8.89. The van der Waals surface area contributed by atoms with Crippen molar-refractivity contribution in [3.63, 3.8) is 0 Å². The van der Waals surface area contributed by atoms with Gasteiger partial charge < -0.3 is 5.11 Å². The third kappa shape index (κ3) is 2.44. The zero-order chi connectivity index (χ0) is 11.4. The Labute approximate surface area is 94.1 Å². The maximum atomic E-state index is 11.8. The normalized spacial score (nSPS) is 13.9. The average molecular weight is 215 g/mol. The first kappa shape index (κ1) is 10.8. The summed E-state index contributed by atoms with van der Waals surface area (Å²) in [6.07, 6.45) is 4.83. The lowest BCUT2D eigenvalue weighted by Crippen LogP contribution is -2.06. The van der Waals surface area contributed by atoms with Crippen LogP contribution in [0.4, 0.5) is 0 Å². The van der Waals surface area contributed by atoms with Gasteiger partial charge in [0.15, 0.2) is 5.78 Å². The molecule has 1 aromatic rings. The molecule has 0 atom stereocenters. The lowest BCUT2D eigenvalue weighted by molar-refractivity contribution is 0.100. The maximum absolute atomic E-state index is 11.8. The van der Waals surface area contributed by atoms with E-state index in [1.165, 1.54) is 0 Å². The molecule has 0 radical (unpaired) electrons. The van der Waals surface area contributed by atoms with Crippen molar-refractivity contribution < 1.29 is 9.90 Å². The summed E-state index contributed by atoms with van der Waals surface area (Å²) < 4.78 is 0. The topological polar surface area (TPSA) is 49.7 Å². The van der Waals surface area contributed by atoms with Gasteiger partial charge in [-0.15, -0.1) is 0 Å². The average Bonchev–Trinajstić information content (AvgIpc) is 2.82. The Morgan fingerprint density at radius 3 is 2.62 bits per heavy atom. The van der Waals surface area contributed by atoms with Crippen molar-refractivity contribution in [1.29, 1.82) is 0 Å². The SMILES string of the molecule is O=C(CC1=NC=CC1)c1ccc(CO)cc1. The predicted octanol–water partition coefficient (Wildman–Crippen LogP) is 2.11. The highest BCUT2D eigenvalue weighted by atomic mass is 16.3. The molecule has 0 saturated heterocycles. The molecule has 0 saturated carbocycles. The van der Waals surface area contributed by atoms with Gasteiger partial charge in [-0.05, 0) is 5.56 Å². The number of aliphatic hydroxyl groups is 1. The number of allylic oxidation sites excluding steroid dienone is 1. The van der Waals surface area contributed by atoms with E-state index in [0.29, 0.717) is 12.0 Å². The highest BCUT2D eigenvalue weighted by molar-refractivity contribution is 6.10. The molecule has 0 aliphatic carbocycles. The van der Waals surface area contributed by atoms with Crippen molar-refractivity contribution in [3.05, 3.63) is 47.7 Å². The van der Waals surface area contributed by atoms with Gasteiger partial charge in [-0.25, -0.2) is 0 Å². The summed E-state index contributed by atoms with van der Waals surface area (Å²) >= 11 is 0. The molecule has 1 aliphatic rings. The van der Waals surface area contributed by atoms with Gasteiger partial charge in [0.25, 0.3) is 0 Å². The molecule has 3 nitrogen and oxygen atoms in total. The fourth-order valence-electron chi connectivity index (χ4n) is 1.60. The molecule has 0 unspecified atom stereocenters. The van der Waals surface area contributed by atoms with E-state index in [9.17, 15) is 4.79 Å². The fraction of sp³-hybridized carbons (Fsp3) is 0.231. The van der Waals surface area contributed by atoms with Crippen molar-refractivity contribution in [2.45, 2.75) is 19.4 Å². The van der Waals surface area contributed by atoms with Gasteiger partial charge in [0.05, 0.1) is 6.61 Å². The molecule has 1 heterocycles. The van der Waals surface area contributed by atoms with Gasteiger partial charge in [0, 0.05) is 30.3 Å². The number of hydrogen-bond acceptors (Lipinski definition) is 3. The Morgan fingerprint density at radius 2 is 2.06 bits per heavy atom. The molecule has 0 fully saturated rings. The molecular formula is C13H13NO2. The number of ketones is 1. The largest absolute Gasteiger partial charge is 0.392 e. The Hall–Kier alpha value is -1.74. The van der Waals surface area contributed by atoms with Crippen LogP contribution >= 0.6 is 0 Å². The minimum atomic E-state index is 0.00506. The van der Waals surface area contributed by atoms with E-state index in [-0.39, 0.29) is 12.4 Å². The van der Waals surface area contributed by atoms with Crippen LogP contribution in [-0.4, -0.2) is 16.6 Å². The van der Waals surface area contributed by atoms with Crippen LogP contribution in [0.3, 0.4) is 0 Å². The summed E-state index contributed by atoms with van der Waals surface area (Å²) in [6.45, 7) is 0.00506. The van der Waals surface area contributed by atoms with Gasteiger partial charge in [-0.1, -0.05) is 30.3 Å². The summed E-state index contributed by atoms with van der Waals surface area (Å²) in [5, 5.41) is 8.88. The Morgan fingerprint density at radius 1 is 1.31 bits per heavy atom. The number of hydrogen-bond donors (Lipinski definition) is 1. The molecular weight excluding hydrogens is 202 g/mol. The summed E-state index contributed by atoms with van der Waals surface area (Å²) in [7, 11) is 0. The Kier molecular flexibility index (Phi) is 3.27. The molecule has 16 heavy (non-hydrogen) atoms. The summed E-state index contributed by atoms with van der Waals surface area (Å²) in [5.74, 6) is 0.0759. The van der Waals surface area contributed by atoms with E-state index in [4.69, 9.17) is 5.11 Å². The second-order valence-electron chi connectivity index (χ2n) is 3.74. The highest BCUT2D eigenvalue weighted by Crippen LogP contribution is 2.11. The van der Waals surface area contributed by atoms with Crippen molar-refractivity contribution in [2.75, 3.05) is 0 Å². The first-order chi connectivity index (χ1) is 7.79. The van der Waals surface area contributed by atoms with Crippen LogP contribution < -0.4 is 0 Å². The van der Waals surface area contributed by atoms with Gasteiger partial charge in [-0.3, -0.25) is 9.79 Å². The predicted molar refractivity (Wildman–Crippen MR) is 62.5 cm³/mol. The number of Topliss-reactive ketones (excluding diaryl/α,β-unsaturated/α-hetero) is 1. The Bertz CT molecular complexity index is 444. The minimum Gasteiger partial charge on any atom is -0.392 e. The van der Waals surface area contributed by atoms with Crippen LogP contribution in [0.15, 0.2) is 41.5 Å². The summed E-state index contributed by atoms with van der Waals surface area (Å²) in [6, 6.07) is 7.03. The maximum Gasteiger partial charge on any atom is 0.168 e. The van der Waals surface area contributed by atoms with Crippen molar-refractivity contribution >= 4 is 11.5 Å². The summed E-state index contributed by atoms with van der Waals surface area (Å²) in [5.41, 5.74) is 2.40. The fourth-order valence-corrected chi connectivity index (χ4v) is 1.60. The molecule has 1 aliphatic heterocycles.